The molecule has 0 atom stereocenters. The summed E-state index contributed by atoms with van der Waals surface area (Å²) < 4.78 is 6.48. The van der Waals surface area contributed by atoms with Crippen LogP contribution < -0.4 is 10.5 Å². The Balaban J connectivity index is 2.47. The average Bonchev–Trinajstić information content (AvgIpc) is 2.66. The molecule has 1 aliphatic carbocycles. The van der Waals surface area contributed by atoms with Gasteiger partial charge in [0.15, 0.2) is 0 Å². The highest BCUT2D eigenvalue weighted by Gasteiger charge is 2.33. The summed E-state index contributed by atoms with van der Waals surface area (Å²) in [7, 11) is 1.71. The molecule has 0 heterocycles. The van der Waals surface area contributed by atoms with Crippen LogP contribution in [0.5, 0.6) is 5.75 Å². The van der Waals surface area contributed by atoms with Gasteiger partial charge in [-0.05, 0) is 43.0 Å². The number of hydrogen-bond donors (Lipinski definition) is 1. The van der Waals surface area contributed by atoms with Gasteiger partial charge in [0.25, 0.3) is 0 Å². The van der Waals surface area contributed by atoms with E-state index in [4.69, 9.17) is 10.5 Å². The lowest BCUT2D eigenvalue weighted by molar-refractivity contribution is 0.405. The van der Waals surface area contributed by atoms with Crippen LogP contribution in [0.4, 0.5) is 0 Å². The number of benzene rings is 1. The highest BCUT2D eigenvalue weighted by atomic mass is 79.9. The molecule has 1 aliphatic rings. The van der Waals surface area contributed by atoms with E-state index >= 15 is 0 Å². The Labute approximate surface area is 105 Å². The molecule has 0 radical (unpaired) electrons. The van der Waals surface area contributed by atoms with E-state index in [1.165, 1.54) is 18.4 Å². The second-order valence-electron chi connectivity index (χ2n) is 4.66. The zero-order chi connectivity index (χ0) is 11.8. The van der Waals surface area contributed by atoms with Gasteiger partial charge in [-0.1, -0.05) is 28.8 Å². The van der Waals surface area contributed by atoms with Crippen molar-refractivity contribution in [2.45, 2.75) is 38.1 Å². The number of nitrogens with two attached hydrogens (primary N) is 1. The molecule has 0 aromatic heterocycles. The van der Waals surface area contributed by atoms with Gasteiger partial charge in [-0.3, -0.25) is 0 Å². The summed E-state index contributed by atoms with van der Waals surface area (Å²) in [5, 5.41) is 0. The van der Waals surface area contributed by atoms with Crippen molar-refractivity contribution >= 4 is 15.9 Å². The van der Waals surface area contributed by atoms with Crippen LogP contribution in [0.2, 0.25) is 0 Å². The molecular formula is C13H18BrNO. The number of rotatable bonds is 2. The third kappa shape index (κ3) is 1.98. The molecule has 0 bridgehead atoms. The van der Waals surface area contributed by atoms with Crippen LogP contribution in [0.15, 0.2) is 16.6 Å². The first-order valence-corrected chi connectivity index (χ1v) is 6.49. The lowest BCUT2D eigenvalue weighted by atomic mass is 9.88. The van der Waals surface area contributed by atoms with E-state index in [-0.39, 0.29) is 5.54 Å². The highest BCUT2D eigenvalue weighted by Crippen LogP contribution is 2.41. The highest BCUT2D eigenvalue weighted by molar-refractivity contribution is 9.10. The molecule has 1 fully saturated rings. The largest absolute Gasteiger partial charge is 0.496 e. The van der Waals surface area contributed by atoms with Crippen LogP contribution in [-0.4, -0.2) is 7.11 Å². The van der Waals surface area contributed by atoms with E-state index in [0.717, 1.165) is 28.6 Å². The maximum atomic E-state index is 6.47. The fourth-order valence-electron chi connectivity index (χ4n) is 2.53. The van der Waals surface area contributed by atoms with E-state index in [1.54, 1.807) is 7.11 Å². The summed E-state index contributed by atoms with van der Waals surface area (Å²) in [6, 6.07) is 4.19. The standard InChI is InChI=1S/C13H18BrNO/c1-9-7-11(14)10(8-12(9)16-2)13(15)5-3-4-6-13/h7-8H,3-6,15H2,1-2H3. The van der Waals surface area contributed by atoms with Crippen molar-refractivity contribution in [1.82, 2.24) is 0 Å². The van der Waals surface area contributed by atoms with Gasteiger partial charge < -0.3 is 10.5 Å². The smallest absolute Gasteiger partial charge is 0.122 e. The minimum atomic E-state index is -0.167. The van der Waals surface area contributed by atoms with Crippen molar-refractivity contribution in [2.24, 2.45) is 5.73 Å². The molecule has 0 aliphatic heterocycles. The first-order valence-electron chi connectivity index (χ1n) is 5.70. The number of aryl methyl sites for hydroxylation is 1. The maximum Gasteiger partial charge on any atom is 0.122 e. The predicted molar refractivity (Wildman–Crippen MR) is 69.8 cm³/mol. The van der Waals surface area contributed by atoms with Crippen LogP contribution in [0.3, 0.4) is 0 Å². The van der Waals surface area contributed by atoms with Gasteiger partial charge in [-0.25, -0.2) is 0 Å². The summed E-state index contributed by atoms with van der Waals surface area (Å²) in [4.78, 5) is 0. The molecule has 0 unspecified atom stereocenters. The Morgan fingerprint density at radius 2 is 1.94 bits per heavy atom. The van der Waals surface area contributed by atoms with Crippen molar-refractivity contribution in [3.05, 3.63) is 27.7 Å². The van der Waals surface area contributed by atoms with Gasteiger partial charge in [0.2, 0.25) is 0 Å². The molecule has 0 spiro atoms. The molecule has 1 saturated carbocycles. The van der Waals surface area contributed by atoms with Crippen molar-refractivity contribution in [1.29, 1.82) is 0 Å². The minimum Gasteiger partial charge on any atom is -0.496 e. The first-order chi connectivity index (χ1) is 7.57. The SMILES string of the molecule is COc1cc(C2(N)CCCC2)c(Br)cc1C. The van der Waals surface area contributed by atoms with E-state index in [9.17, 15) is 0 Å². The molecule has 2 N–H and O–H groups in total. The molecule has 2 nitrogen and oxygen atoms in total. The second-order valence-corrected chi connectivity index (χ2v) is 5.52. The lowest BCUT2D eigenvalue weighted by Gasteiger charge is -2.26. The Morgan fingerprint density at radius 3 is 2.50 bits per heavy atom. The van der Waals surface area contributed by atoms with Crippen LogP contribution in [0, 0.1) is 6.92 Å². The van der Waals surface area contributed by atoms with Gasteiger partial charge in [0.05, 0.1) is 7.11 Å². The number of ether oxygens (including phenoxy) is 1. The maximum absolute atomic E-state index is 6.47. The lowest BCUT2D eigenvalue weighted by Crippen LogP contribution is -2.33. The Bertz CT molecular complexity index is 397. The Kier molecular flexibility index (Phi) is 3.27. The summed E-state index contributed by atoms with van der Waals surface area (Å²) in [6.07, 6.45) is 4.58. The topological polar surface area (TPSA) is 35.2 Å². The molecule has 0 saturated heterocycles. The van der Waals surface area contributed by atoms with Gasteiger partial charge >= 0.3 is 0 Å². The van der Waals surface area contributed by atoms with Gasteiger partial charge in [-0.2, -0.15) is 0 Å². The van der Waals surface area contributed by atoms with Gasteiger partial charge in [0.1, 0.15) is 5.75 Å². The summed E-state index contributed by atoms with van der Waals surface area (Å²) >= 11 is 3.62. The van der Waals surface area contributed by atoms with E-state index in [0.29, 0.717) is 0 Å². The number of methoxy groups -OCH3 is 1. The summed E-state index contributed by atoms with van der Waals surface area (Å²) in [5.74, 6) is 0.926. The van der Waals surface area contributed by atoms with Crippen LogP contribution >= 0.6 is 15.9 Å². The Hall–Kier alpha value is -0.540. The molecule has 88 valence electrons. The predicted octanol–water partition coefficient (Wildman–Crippen LogP) is 3.49. The molecule has 2 rings (SSSR count). The van der Waals surface area contributed by atoms with Crippen LogP contribution in [0.25, 0.3) is 0 Å². The van der Waals surface area contributed by atoms with Gasteiger partial charge in [0, 0.05) is 10.0 Å². The van der Waals surface area contributed by atoms with E-state index in [1.807, 2.05) is 6.92 Å². The quantitative estimate of drug-likeness (QED) is 0.902. The van der Waals surface area contributed by atoms with Crippen molar-refractivity contribution in [3.63, 3.8) is 0 Å². The number of hydrogen-bond acceptors (Lipinski definition) is 2. The fourth-order valence-corrected chi connectivity index (χ4v) is 3.38. The molecule has 16 heavy (non-hydrogen) atoms. The summed E-state index contributed by atoms with van der Waals surface area (Å²) in [6.45, 7) is 2.05. The zero-order valence-electron chi connectivity index (χ0n) is 9.85. The molecular weight excluding hydrogens is 266 g/mol. The molecule has 3 heteroatoms. The second kappa shape index (κ2) is 4.38. The van der Waals surface area contributed by atoms with Crippen molar-refractivity contribution in [3.8, 4) is 5.75 Å². The normalized spacial score (nSPS) is 18.8. The molecule has 1 aromatic carbocycles. The van der Waals surface area contributed by atoms with E-state index in [2.05, 4.69) is 28.1 Å². The number of halogens is 1. The van der Waals surface area contributed by atoms with Crippen molar-refractivity contribution < 1.29 is 4.74 Å². The van der Waals surface area contributed by atoms with Crippen LogP contribution in [-0.2, 0) is 5.54 Å². The zero-order valence-corrected chi connectivity index (χ0v) is 11.4. The fraction of sp³-hybridized carbons (Fsp3) is 0.538. The monoisotopic (exact) mass is 283 g/mol. The molecule has 0 amide bonds. The van der Waals surface area contributed by atoms with Crippen molar-refractivity contribution in [2.75, 3.05) is 7.11 Å². The Morgan fingerprint density at radius 1 is 1.31 bits per heavy atom. The first kappa shape index (κ1) is 11.9. The third-order valence-electron chi connectivity index (χ3n) is 3.52. The average molecular weight is 284 g/mol. The third-order valence-corrected chi connectivity index (χ3v) is 4.17. The van der Waals surface area contributed by atoms with Gasteiger partial charge in [-0.15, -0.1) is 0 Å². The minimum absolute atomic E-state index is 0.167. The summed E-state index contributed by atoms with van der Waals surface area (Å²) in [5.41, 5.74) is 8.63. The van der Waals surface area contributed by atoms with Crippen LogP contribution in [0.1, 0.15) is 36.8 Å². The van der Waals surface area contributed by atoms with E-state index < -0.39 is 0 Å². The molecule has 1 aromatic rings.